The van der Waals surface area contributed by atoms with E-state index in [0.29, 0.717) is 12.0 Å². The Hall–Kier alpha value is -1.23. The summed E-state index contributed by atoms with van der Waals surface area (Å²) in [4.78, 5) is 0. The molecule has 2 rings (SSSR count). The van der Waals surface area contributed by atoms with E-state index in [0.717, 1.165) is 24.9 Å². The summed E-state index contributed by atoms with van der Waals surface area (Å²) in [5.41, 5.74) is 1.08. The molecule has 1 saturated carbocycles. The Morgan fingerprint density at radius 2 is 1.90 bits per heavy atom. The van der Waals surface area contributed by atoms with E-state index in [1.54, 1.807) is 12.1 Å². The van der Waals surface area contributed by atoms with Crippen molar-refractivity contribution in [3.05, 3.63) is 29.8 Å². The zero-order chi connectivity index (χ0) is 15.3. The summed E-state index contributed by atoms with van der Waals surface area (Å²) in [7, 11) is 0. The molecule has 2 unspecified atom stereocenters. The molecule has 118 valence electrons. The molecule has 5 heteroatoms. The van der Waals surface area contributed by atoms with Gasteiger partial charge in [0.25, 0.3) is 0 Å². The molecule has 0 spiro atoms. The van der Waals surface area contributed by atoms with Crippen LogP contribution < -0.4 is 10.1 Å². The van der Waals surface area contributed by atoms with Crippen LogP contribution in [0.4, 0.5) is 13.2 Å². The van der Waals surface area contributed by atoms with E-state index in [4.69, 9.17) is 0 Å². The molecule has 1 aliphatic carbocycles. The van der Waals surface area contributed by atoms with Gasteiger partial charge in [-0.2, -0.15) is 0 Å². The molecule has 1 fully saturated rings. The number of rotatable bonds is 5. The van der Waals surface area contributed by atoms with Crippen LogP contribution in [0.25, 0.3) is 0 Å². The standard InChI is InChI=1S/C16H22F3NO/c1-2-20-14-5-3-4-13(11-14)10-12-6-8-15(9-7-12)21-16(17,18)19/h6-9,13-14,20H,2-5,10-11H2,1H3. The Labute approximate surface area is 123 Å². The number of hydrogen-bond donors (Lipinski definition) is 1. The second kappa shape index (κ2) is 7.16. The molecule has 2 atom stereocenters. The predicted octanol–water partition coefficient (Wildman–Crippen LogP) is 4.30. The van der Waals surface area contributed by atoms with Gasteiger partial charge in [0.1, 0.15) is 5.75 Å². The molecular formula is C16H22F3NO. The Kier molecular flexibility index (Phi) is 5.51. The molecule has 0 radical (unpaired) electrons. The Balaban J connectivity index is 1.88. The van der Waals surface area contributed by atoms with E-state index in [-0.39, 0.29) is 5.75 Å². The largest absolute Gasteiger partial charge is 0.573 e. The number of ether oxygens (including phenoxy) is 1. The van der Waals surface area contributed by atoms with E-state index < -0.39 is 6.36 Å². The molecule has 0 bridgehead atoms. The van der Waals surface area contributed by atoms with E-state index in [9.17, 15) is 13.2 Å². The van der Waals surface area contributed by atoms with Gasteiger partial charge in [-0.15, -0.1) is 13.2 Å². The smallest absolute Gasteiger partial charge is 0.406 e. The lowest BCUT2D eigenvalue weighted by molar-refractivity contribution is -0.274. The maximum atomic E-state index is 12.1. The summed E-state index contributed by atoms with van der Waals surface area (Å²) in [6, 6.07) is 6.85. The van der Waals surface area contributed by atoms with Crippen molar-refractivity contribution >= 4 is 0 Å². The fourth-order valence-electron chi connectivity index (χ4n) is 3.11. The van der Waals surface area contributed by atoms with Crippen LogP contribution in [0.2, 0.25) is 0 Å². The van der Waals surface area contributed by atoms with Gasteiger partial charge in [-0.25, -0.2) is 0 Å². The maximum absolute atomic E-state index is 12.1. The third kappa shape index (κ3) is 5.58. The van der Waals surface area contributed by atoms with Crippen LogP contribution in [0.1, 0.15) is 38.2 Å². The summed E-state index contributed by atoms with van der Waals surface area (Å²) < 4.78 is 40.2. The highest BCUT2D eigenvalue weighted by Gasteiger charge is 2.31. The minimum Gasteiger partial charge on any atom is -0.406 e. The van der Waals surface area contributed by atoms with Crippen molar-refractivity contribution in [3.8, 4) is 5.75 Å². The van der Waals surface area contributed by atoms with Crippen molar-refractivity contribution < 1.29 is 17.9 Å². The normalized spacial score (nSPS) is 23.0. The second-order valence-corrected chi connectivity index (χ2v) is 5.68. The van der Waals surface area contributed by atoms with Gasteiger partial charge in [0, 0.05) is 6.04 Å². The van der Waals surface area contributed by atoms with Crippen molar-refractivity contribution in [1.29, 1.82) is 0 Å². The van der Waals surface area contributed by atoms with Crippen molar-refractivity contribution in [1.82, 2.24) is 5.32 Å². The third-order valence-electron chi connectivity index (χ3n) is 3.96. The Morgan fingerprint density at radius 1 is 1.19 bits per heavy atom. The lowest BCUT2D eigenvalue weighted by Gasteiger charge is -2.29. The first-order chi connectivity index (χ1) is 9.96. The van der Waals surface area contributed by atoms with Gasteiger partial charge >= 0.3 is 6.36 Å². The fraction of sp³-hybridized carbons (Fsp3) is 0.625. The first-order valence-electron chi connectivity index (χ1n) is 7.54. The highest BCUT2D eigenvalue weighted by molar-refractivity contribution is 5.27. The van der Waals surface area contributed by atoms with E-state index >= 15 is 0 Å². The zero-order valence-electron chi connectivity index (χ0n) is 12.2. The van der Waals surface area contributed by atoms with Gasteiger partial charge in [0.15, 0.2) is 0 Å². The number of alkyl halides is 3. The SMILES string of the molecule is CCNC1CCCC(Cc2ccc(OC(F)(F)F)cc2)C1. The third-order valence-corrected chi connectivity index (χ3v) is 3.96. The molecule has 1 aromatic rings. The molecule has 0 heterocycles. The molecule has 0 aliphatic heterocycles. The van der Waals surface area contributed by atoms with E-state index in [2.05, 4.69) is 17.0 Å². The van der Waals surface area contributed by atoms with Crippen LogP contribution in [0, 0.1) is 5.92 Å². The van der Waals surface area contributed by atoms with Crippen molar-refractivity contribution in [2.24, 2.45) is 5.92 Å². The minimum atomic E-state index is -4.62. The molecular weight excluding hydrogens is 279 g/mol. The molecule has 1 N–H and O–H groups in total. The lowest BCUT2D eigenvalue weighted by Crippen LogP contribution is -2.34. The highest BCUT2D eigenvalue weighted by Crippen LogP contribution is 2.28. The van der Waals surface area contributed by atoms with E-state index in [1.165, 1.54) is 31.4 Å². The monoisotopic (exact) mass is 301 g/mol. The number of nitrogens with one attached hydrogen (secondary N) is 1. The number of hydrogen-bond acceptors (Lipinski definition) is 2. The van der Waals surface area contributed by atoms with Crippen LogP contribution >= 0.6 is 0 Å². The van der Waals surface area contributed by atoms with Crippen molar-refractivity contribution in [2.75, 3.05) is 6.54 Å². The summed E-state index contributed by atoms with van der Waals surface area (Å²) in [5, 5.41) is 3.49. The van der Waals surface area contributed by atoms with E-state index in [1.807, 2.05) is 0 Å². The van der Waals surface area contributed by atoms with Crippen molar-refractivity contribution in [2.45, 2.75) is 51.4 Å². The average Bonchev–Trinajstić information content (AvgIpc) is 2.40. The molecule has 0 aromatic heterocycles. The van der Waals surface area contributed by atoms with Gasteiger partial charge in [-0.3, -0.25) is 0 Å². The zero-order valence-corrected chi connectivity index (χ0v) is 12.2. The van der Waals surface area contributed by atoms with Crippen LogP contribution in [0.15, 0.2) is 24.3 Å². The van der Waals surface area contributed by atoms with Crippen LogP contribution in [-0.2, 0) is 6.42 Å². The van der Waals surface area contributed by atoms with Gasteiger partial charge in [-0.05, 0) is 49.4 Å². The molecule has 1 aromatic carbocycles. The topological polar surface area (TPSA) is 21.3 Å². The fourth-order valence-corrected chi connectivity index (χ4v) is 3.11. The first kappa shape index (κ1) is 16.1. The quantitative estimate of drug-likeness (QED) is 0.875. The second-order valence-electron chi connectivity index (χ2n) is 5.68. The molecule has 0 saturated heterocycles. The lowest BCUT2D eigenvalue weighted by atomic mass is 9.82. The summed E-state index contributed by atoms with van der Waals surface area (Å²) >= 11 is 0. The van der Waals surface area contributed by atoms with Gasteiger partial charge in [0.05, 0.1) is 0 Å². The number of halogens is 3. The molecule has 21 heavy (non-hydrogen) atoms. The molecule has 2 nitrogen and oxygen atoms in total. The Morgan fingerprint density at radius 3 is 2.52 bits per heavy atom. The highest BCUT2D eigenvalue weighted by atomic mass is 19.4. The van der Waals surface area contributed by atoms with Gasteiger partial charge < -0.3 is 10.1 Å². The summed E-state index contributed by atoms with van der Waals surface area (Å²) in [6.45, 7) is 3.10. The Bertz CT molecular complexity index is 428. The van der Waals surface area contributed by atoms with Crippen molar-refractivity contribution in [3.63, 3.8) is 0 Å². The van der Waals surface area contributed by atoms with Gasteiger partial charge in [-0.1, -0.05) is 31.9 Å². The van der Waals surface area contributed by atoms with Gasteiger partial charge in [0.2, 0.25) is 0 Å². The molecule has 1 aliphatic rings. The summed E-state index contributed by atoms with van der Waals surface area (Å²) in [5.74, 6) is 0.456. The number of benzene rings is 1. The predicted molar refractivity (Wildman–Crippen MR) is 76.3 cm³/mol. The average molecular weight is 301 g/mol. The first-order valence-corrected chi connectivity index (χ1v) is 7.54. The minimum absolute atomic E-state index is 0.152. The van der Waals surface area contributed by atoms with Crippen LogP contribution in [0.3, 0.4) is 0 Å². The van der Waals surface area contributed by atoms with Crippen LogP contribution in [-0.4, -0.2) is 18.9 Å². The summed E-state index contributed by atoms with van der Waals surface area (Å²) in [6.07, 6.45) is 1.09. The maximum Gasteiger partial charge on any atom is 0.573 e. The van der Waals surface area contributed by atoms with Crippen LogP contribution in [0.5, 0.6) is 5.75 Å². The molecule has 0 amide bonds.